The van der Waals surface area contributed by atoms with Crippen molar-refractivity contribution in [2.45, 2.75) is 11.7 Å². The van der Waals surface area contributed by atoms with Gasteiger partial charge in [-0.2, -0.15) is 8.42 Å². The first-order valence-electron chi connectivity index (χ1n) is 6.65. The van der Waals surface area contributed by atoms with Crippen molar-refractivity contribution < 1.29 is 37.0 Å². The van der Waals surface area contributed by atoms with E-state index >= 15 is 0 Å². The summed E-state index contributed by atoms with van der Waals surface area (Å²) in [6.45, 7) is 0. The van der Waals surface area contributed by atoms with Gasteiger partial charge < -0.3 is 10.2 Å². The van der Waals surface area contributed by atoms with E-state index in [1.54, 1.807) is 6.07 Å². The standard InChI is InChI=1S/C13H11IN2O8S/c14-6-10(17)15-8-4-2-1-3-7(8)13(20)24-16-11(18)5-9(12(16)19)25(21,22)23/h1-4,9H,5-6H2,(H,15,17)(H,21,22,23). The van der Waals surface area contributed by atoms with Gasteiger partial charge in [0, 0.05) is 0 Å². The van der Waals surface area contributed by atoms with Crippen molar-refractivity contribution in [3.05, 3.63) is 29.8 Å². The minimum atomic E-state index is -4.81. The smallest absolute Gasteiger partial charge is 0.325 e. The van der Waals surface area contributed by atoms with Gasteiger partial charge in [-0.3, -0.25) is 18.9 Å². The van der Waals surface area contributed by atoms with E-state index in [1.807, 2.05) is 22.6 Å². The second-order valence-electron chi connectivity index (χ2n) is 4.84. The van der Waals surface area contributed by atoms with Gasteiger partial charge in [0.15, 0.2) is 5.25 Å². The molecule has 1 aromatic carbocycles. The molecular formula is C13H11IN2O8S. The summed E-state index contributed by atoms with van der Waals surface area (Å²) in [6, 6.07) is 5.71. The van der Waals surface area contributed by atoms with Crippen LogP contribution in [0.15, 0.2) is 24.3 Å². The molecule has 1 atom stereocenters. The van der Waals surface area contributed by atoms with Gasteiger partial charge in [0.25, 0.3) is 21.9 Å². The number of halogens is 1. The second kappa shape index (κ2) is 7.45. The van der Waals surface area contributed by atoms with Crippen LogP contribution in [0.5, 0.6) is 0 Å². The number of nitrogens with zero attached hydrogens (tertiary/aromatic N) is 1. The molecule has 0 spiro atoms. The number of nitrogens with one attached hydrogen (secondary N) is 1. The molecule has 1 saturated heterocycles. The predicted octanol–water partition coefficient (Wildman–Crippen LogP) is 0.147. The maximum Gasteiger partial charge on any atom is 0.366 e. The molecule has 0 aromatic heterocycles. The maximum atomic E-state index is 12.2. The average molecular weight is 482 g/mol. The Bertz CT molecular complexity index is 853. The Balaban J connectivity index is 2.22. The number of carbonyl (C=O) groups excluding carboxylic acids is 4. The van der Waals surface area contributed by atoms with Crippen molar-refractivity contribution in [3.63, 3.8) is 0 Å². The highest BCUT2D eigenvalue weighted by Crippen LogP contribution is 2.22. The quantitative estimate of drug-likeness (QED) is 0.261. The Morgan fingerprint density at radius 3 is 2.52 bits per heavy atom. The summed E-state index contributed by atoms with van der Waals surface area (Å²) in [5.74, 6) is -3.99. The van der Waals surface area contributed by atoms with Crippen LogP contribution < -0.4 is 5.32 Å². The van der Waals surface area contributed by atoms with Crippen LogP contribution in [-0.2, 0) is 29.3 Å². The Hall–Kier alpha value is -2.06. The van der Waals surface area contributed by atoms with Crippen LogP contribution in [-0.4, -0.2) is 51.4 Å². The number of amides is 3. The summed E-state index contributed by atoms with van der Waals surface area (Å²) in [6.07, 6.45) is -0.835. The Kier molecular flexibility index (Phi) is 5.74. The van der Waals surface area contributed by atoms with Crippen LogP contribution in [0.4, 0.5) is 5.69 Å². The number of hydroxylamine groups is 2. The van der Waals surface area contributed by atoms with E-state index < -0.39 is 39.6 Å². The third-order valence-corrected chi connectivity index (χ3v) is 4.92. The van der Waals surface area contributed by atoms with Gasteiger partial charge in [-0.05, 0) is 12.1 Å². The molecule has 1 fully saturated rings. The summed E-state index contributed by atoms with van der Waals surface area (Å²) >= 11 is 1.82. The molecule has 10 nitrogen and oxygen atoms in total. The van der Waals surface area contributed by atoms with Gasteiger partial charge in [0.2, 0.25) is 5.91 Å². The molecule has 2 rings (SSSR count). The first kappa shape index (κ1) is 19.3. The first-order chi connectivity index (χ1) is 11.6. The van der Waals surface area contributed by atoms with Crippen LogP contribution in [0.3, 0.4) is 0 Å². The zero-order valence-corrected chi connectivity index (χ0v) is 15.3. The molecule has 1 heterocycles. The van der Waals surface area contributed by atoms with Crippen molar-refractivity contribution in [2.24, 2.45) is 0 Å². The lowest BCUT2D eigenvalue weighted by Crippen LogP contribution is -2.36. The van der Waals surface area contributed by atoms with Gasteiger partial charge in [0.05, 0.1) is 22.1 Å². The van der Waals surface area contributed by atoms with Crippen molar-refractivity contribution in [1.82, 2.24) is 5.06 Å². The minimum absolute atomic E-state index is 0.00228. The molecule has 2 N–H and O–H groups in total. The maximum absolute atomic E-state index is 12.2. The lowest BCUT2D eigenvalue weighted by Gasteiger charge is -2.15. The normalized spacial score (nSPS) is 17.5. The van der Waals surface area contributed by atoms with E-state index in [9.17, 15) is 27.6 Å². The lowest BCUT2D eigenvalue weighted by atomic mass is 10.2. The van der Waals surface area contributed by atoms with E-state index in [1.165, 1.54) is 18.2 Å². The topological polar surface area (TPSA) is 147 Å². The summed E-state index contributed by atoms with van der Waals surface area (Å²) in [7, 11) is -4.81. The van der Waals surface area contributed by atoms with Crippen LogP contribution in [0.2, 0.25) is 0 Å². The van der Waals surface area contributed by atoms with E-state index in [0.29, 0.717) is 0 Å². The van der Waals surface area contributed by atoms with Crippen molar-refractivity contribution >= 4 is 62.1 Å². The highest BCUT2D eigenvalue weighted by molar-refractivity contribution is 14.1. The molecule has 134 valence electrons. The van der Waals surface area contributed by atoms with Crippen LogP contribution >= 0.6 is 22.6 Å². The number of anilines is 1. The van der Waals surface area contributed by atoms with Crippen LogP contribution in [0.25, 0.3) is 0 Å². The number of carbonyl (C=O) groups is 4. The monoisotopic (exact) mass is 482 g/mol. The van der Waals surface area contributed by atoms with Crippen molar-refractivity contribution in [3.8, 4) is 0 Å². The molecule has 1 aliphatic rings. The number of hydrogen-bond donors (Lipinski definition) is 2. The number of alkyl halides is 1. The van der Waals surface area contributed by atoms with Gasteiger partial charge >= 0.3 is 5.97 Å². The van der Waals surface area contributed by atoms with Gasteiger partial charge in [0.1, 0.15) is 0 Å². The predicted molar refractivity (Wildman–Crippen MR) is 91.2 cm³/mol. The Morgan fingerprint density at radius 1 is 1.32 bits per heavy atom. The number of benzene rings is 1. The summed E-state index contributed by atoms with van der Waals surface area (Å²) in [4.78, 5) is 51.9. The fraction of sp³-hybridized carbons (Fsp3) is 0.231. The van der Waals surface area contributed by atoms with E-state index in [2.05, 4.69) is 10.2 Å². The van der Waals surface area contributed by atoms with Crippen molar-refractivity contribution in [2.75, 3.05) is 9.74 Å². The third-order valence-electron chi connectivity index (χ3n) is 3.14. The van der Waals surface area contributed by atoms with Crippen LogP contribution in [0, 0.1) is 0 Å². The molecule has 1 unspecified atom stereocenters. The third kappa shape index (κ3) is 4.32. The van der Waals surface area contributed by atoms with E-state index in [0.717, 1.165) is 0 Å². The lowest BCUT2D eigenvalue weighted by molar-refractivity contribution is -0.172. The summed E-state index contributed by atoms with van der Waals surface area (Å²) in [5, 5.41) is 0.435. The Labute approximate surface area is 155 Å². The molecule has 1 aliphatic heterocycles. The Morgan fingerprint density at radius 2 is 1.96 bits per heavy atom. The number of rotatable bonds is 5. The summed E-state index contributed by atoms with van der Waals surface area (Å²) < 4.78 is 31.2. The molecule has 0 radical (unpaired) electrons. The minimum Gasteiger partial charge on any atom is -0.325 e. The first-order valence-corrected chi connectivity index (χ1v) is 9.68. The highest BCUT2D eigenvalue weighted by Gasteiger charge is 2.48. The molecule has 0 bridgehead atoms. The van der Waals surface area contributed by atoms with Crippen LogP contribution in [0.1, 0.15) is 16.8 Å². The van der Waals surface area contributed by atoms with Crippen molar-refractivity contribution in [1.29, 1.82) is 0 Å². The second-order valence-corrected chi connectivity index (χ2v) is 7.20. The molecule has 1 aromatic rings. The zero-order chi connectivity index (χ0) is 18.8. The fourth-order valence-electron chi connectivity index (χ4n) is 2.00. The molecule has 12 heteroatoms. The molecule has 0 saturated carbocycles. The molecule has 25 heavy (non-hydrogen) atoms. The molecule has 0 aliphatic carbocycles. The fourth-order valence-corrected chi connectivity index (χ4v) is 2.89. The van der Waals surface area contributed by atoms with E-state index in [4.69, 9.17) is 4.55 Å². The highest BCUT2D eigenvalue weighted by atomic mass is 127. The largest absolute Gasteiger partial charge is 0.366 e. The SMILES string of the molecule is O=C(CI)Nc1ccccc1C(=O)ON1C(=O)CC(S(=O)(=O)O)C1=O. The average Bonchev–Trinajstić information content (AvgIpc) is 2.83. The van der Waals surface area contributed by atoms with Gasteiger partial charge in [-0.15, -0.1) is 5.06 Å². The van der Waals surface area contributed by atoms with Gasteiger partial charge in [-0.25, -0.2) is 4.79 Å². The number of para-hydroxylation sites is 1. The molecular weight excluding hydrogens is 471 g/mol. The number of hydrogen-bond acceptors (Lipinski definition) is 7. The van der Waals surface area contributed by atoms with Gasteiger partial charge in [-0.1, -0.05) is 34.7 Å². The number of imide groups is 1. The zero-order valence-electron chi connectivity index (χ0n) is 12.3. The molecule has 3 amide bonds. The summed E-state index contributed by atoms with van der Waals surface area (Å²) in [5.41, 5.74) is -0.0452. The van der Waals surface area contributed by atoms with E-state index in [-0.39, 0.29) is 26.6 Å².